The minimum absolute atomic E-state index is 0.0563. The first-order valence-electron chi connectivity index (χ1n) is 12.5. The standard InChI is InChI=1S/C29H33Cl2N3O4S/c1-6-26(29(36)32-5)33(17-23-24(30)10-8-11-25(23)31)28(35)18-34(27-12-7-9-20(3)21(27)4)39(37,38)22-15-13-19(2)14-16-22/h7-16,26H,6,17-18H2,1-5H3,(H,32,36)/t26-/m1/s1. The van der Waals surface area contributed by atoms with Gasteiger partial charge in [-0.25, -0.2) is 8.42 Å². The van der Waals surface area contributed by atoms with Crippen LogP contribution in [0.1, 0.15) is 35.6 Å². The molecule has 208 valence electrons. The number of likely N-dealkylation sites (N-methyl/N-ethyl adjacent to an activating group) is 1. The Balaban J connectivity index is 2.14. The fourth-order valence-electron chi connectivity index (χ4n) is 4.30. The number of aryl methyl sites for hydroxylation is 2. The normalized spacial score (nSPS) is 12.1. The van der Waals surface area contributed by atoms with Gasteiger partial charge in [-0.1, -0.05) is 66.0 Å². The van der Waals surface area contributed by atoms with E-state index in [9.17, 15) is 18.0 Å². The molecule has 0 heterocycles. The third kappa shape index (κ3) is 6.75. The van der Waals surface area contributed by atoms with E-state index >= 15 is 0 Å². The number of anilines is 1. The molecule has 0 saturated carbocycles. The first-order valence-corrected chi connectivity index (χ1v) is 14.7. The van der Waals surface area contributed by atoms with E-state index in [1.54, 1.807) is 49.4 Å². The van der Waals surface area contributed by atoms with E-state index in [1.807, 2.05) is 26.8 Å². The Hall–Kier alpha value is -3.07. The van der Waals surface area contributed by atoms with Crippen molar-refractivity contribution in [3.8, 4) is 0 Å². The number of rotatable bonds is 10. The van der Waals surface area contributed by atoms with Gasteiger partial charge in [0, 0.05) is 29.2 Å². The van der Waals surface area contributed by atoms with E-state index < -0.39 is 28.5 Å². The first kappa shape index (κ1) is 30.5. The van der Waals surface area contributed by atoms with Crippen molar-refractivity contribution in [2.24, 2.45) is 0 Å². The number of nitrogens with one attached hydrogen (secondary N) is 1. The molecule has 39 heavy (non-hydrogen) atoms. The van der Waals surface area contributed by atoms with Crippen LogP contribution < -0.4 is 9.62 Å². The van der Waals surface area contributed by atoms with Gasteiger partial charge in [0.2, 0.25) is 11.8 Å². The van der Waals surface area contributed by atoms with E-state index in [0.717, 1.165) is 21.0 Å². The average molecular weight is 591 g/mol. The number of sulfonamides is 1. The first-order chi connectivity index (χ1) is 18.4. The number of benzene rings is 3. The third-order valence-corrected chi connectivity index (χ3v) is 9.24. The number of halogens is 2. The van der Waals surface area contributed by atoms with Crippen LogP contribution in [0.2, 0.25) is 10.0 Å². The van der Waals surface area contributed by atoms with Gasteiger partial charge in [0.15, 0.2) is 0 Å². The maximum absolute atomic E-state index is 14.1. The molecule has 0 spiro atoms. The van der Waals surface area contributed by atoms with E-state index in [2.05, 4.69) is 5.32 Å². The van der Waals surface area contributed by atoms with Crippen molar-refractivity contribution >= 4 is 50.7 Å². The second kappa shape index (κ2) is 12.9. The van der Waals surface area contributed by atoms with Gasteiger partial charge in [0.05, 0.1) is 10.6 Å². The van der Waals surface area contributed by atoms with Crippen LogP contribution in [0.25, 0.3) is 0 Å². The SMILES string of the molecule is CC[C@H](C(=O)NC)N(Cc1c(Cl)cccc1Cl)C(=O)CN(c1cccc(C)c1C)S(=O)(=O)c1ccc(C)cc1. The van der Waals surface area contributed by atoms with Crippen molar-refractivity contribution in [3.63, 3.8) is 0 Å². The van der Waals surface area contributed by atoms with Crippen molar-refractivity contribution < 1.29 is 18.0 Å². The van der Waals surface area contributed by atoms with Crippen LogP contribution in [0.15, 0.2) is 65.6 Å². The Morgan fingerprint density at radius 2 is 1.51 bits per heavy atom. The molecule has 0 bridgehead atoms. The second-order valence-corrected chi connectivity index (χ2v) is 12.0. The highest BCUT2D eigenvalue weighted by atomic mass is 35.5. The van der Waals surface area contributed by atoms with Crippen LogP contribution in [-0.2, 0) is 26.2 Å². The summed E-state index contributed by atoms with van der Waals surface area (Å²) in [6.07, 6.45) is 0.293. The zero-order chi connectivity index (χ0) is 28.9. The van der Waals surface area contributed by atoms with Gasteiger partial charge in [0.25, 0.3) is 10.0 Å². The largest absolute Gasteiger partial charge is 0.357 e. The molecule has 0 aliphatic heterocycles. The van der Waals surface area contributed by atoms with Crippen LogP contribution in [0.5, 0.6) is 0 Å². The summed E-state index contributed by atoms with van der Waals surface area (Å²) in [5.74, 6) is -0.952. The predicted octanol–water partition coefficient (Wildman–Crippen LogP) is 5.67. The van der Waals surface area contributed by atoms with Crippen LogP contribution in [-0.4, -0.2) is 44.8 Å². The zero-order valence-electron chi connectivity index (χ0n) is 22.7. The molecule has 1 atom stereocenters. The number of hydrogen-bond acceptors (Lipinski definition) is 4. The van der Waals surface area contributed by atoms with E-state index in [1.165, 1.54) is 24.1 Å². The molecule has 0 aromatic heterocycles. The van der Waals surface area contributed by atoms with Gasteiger partial charge >= 0.3 is 0 Å². The molecule has 0 aliphatic rings. The summed E-state index contributed by atoms with van der Waals surface area (Å²) >= 11 is 12.8. The molecule has 1 N–H and O–H groups in total. The molecule has 0 aliphatic carbocycles. The van der Waals surface area contributed by atoms with Crippen molar-refractivity contribution in [1.82, 2.24) is 10.2 Å². The Morgan fingerprint density at radius 3 is 2.08 bits per heavy atom. The summed E-state index contributed by atoms with van der Waals surface area (Å²) < 4.78 is 29.1. The number of carbonyl (C=O) groups excluding carboxylic acids is 2. The Labute approximate surface area is 240 Å². The summed E-state index contributed by atoms with van der Waals surface area (Å²) in [4.78, 5) is 28.3. The van der Waals surface area contributed by atoms with E-state index in [4.69, 9.17) is 23.2 Å². The van der Waals surface area contributed by atoms with Gasteiger partial charge in [-0.05, 0) is 68.7 Å². The lowest BCUT2D eigenvalue weighted by Gasteiger charge is -2.33. The van der Waals surface area contributed by atoms with Crippen LogP contribution in [0.4, 0.5) is 5.69 Å². The molecule has 0 fully saturated rings. The fourth-order valence-corrected chi connectivity index (χ4v) is 6.29. The summed E-state index contributed by atoms with van der Waals surface area (Å²) in [6, 6.07) is 15.9. The molecule has 0 unspecified atom stereocenters. The van der Waals surface area contributed by atoms with Crippen LogP contribution in [0.3, 0.4) is 0 Å². The van der Waals surface area contributed by atoms with Gasteiger partial charge in [-0.2, -0.15) is 0 Å². The summed E-state index contributed by atoms with van der Waals surface area (Å²) in [5.41, 5.74) is 3.35. The minimum atomic E-state index is -4.15. The van der Waals surface area contributed by atoms with Gasteiger partial charge in [-0.3, -0.25) is 13.9 Å². The lowest BCUT2D eigenvalue weighted by Crippen LogP contribution is -2.52. The van der Waals surface area contributed by atoms with Crippen molar-refractivity contribution in [1.29, 1.82) is 0 Å². The molecule has 10 heteroatoms. The maximum Gasteiger partial charge on any atom is 0.264 e. The Kier molecular flexibility index (Phi) is 10.0. The minimum Gasteiger partial charge on any atom is -0.357 e. The highest BCUT2D eigenvalue weighted by Gasteiger charge is 2.34. The molecular formula is C29H33Cl2N3O4S. The third-order valence-electron chi connectivity index (χ3n) is 6.76. The molecule has 0 saturated heterocycles. The molecule has 2 amide bonds. The van der Waals surface area contributed by atoms with Crippen molar-refractivity contribution in [2.75, 3.05) is 17.9 Å². The van der Waals surface area contributed by atoms with E-state index in [0.29, 0.717) is 27.7 Å². The summed E-state index contributed by atoms with van der Waals surface area (Å²) in [5, 5.41) is 3.28. The lowest BCUT2D eigenvalue weighted by molar-refractivity contribution is -0.140. The Morgan fingerprint density at radius 1 is 0.923 bits per heavy atom. The molecule has 7 nitrogen and oxygen atoms in total. The molecule has 3 aromatic carbocycles. The number of amides is 2. The van der Waals surface area contributed by atoms with Crippen LogP contribution in [0, 0.1) is 20.8 Å². The summed E-state index contributed by atoms with van der Waals surface area (Å²) in [7, 11) is -2.67. The highest BCUT2D eigenvalue weighted by molar-refractivity contribution is 7.92. The number of carbonyl (C=O) groups is 2. The smallest absolute Gasteiger partial charge is 0.264 e. The monoisotopic (exact) mass is 589 g/mol. The van der Waals surface area contributed by atoms with Crippen molar-refractivity contribution in [3.05, 3.63) is 93.0 Å². The van der Waals surface area contributed by atoms with Gasteiger partial charge in [-0.15, -0.1) is 0 Å². The number of hydrogen-bond donors (Lipinski definition) is 1. The van der Waals surface area contributed by atoms with E-state index in [-0.39, 0.29) is 17.3 Å². The number of nitrogens with zero attached hydrogens (tertiary/aromatic N) is 2. The van der Waals surface area contributed by atoms with Gasteiger partial charge < -0.3 is 10.2 Å². The van der Waals surface area contributed by atoms with Gasteiger partial charge in [0.1, 0.15) is 12.6 Å². The molecular weight excluding hydrogens is 557 g/mol. The zero-order valence-corrected chi connectivity index (χ0v) is 25.0. The topological polar surface area (TPSA) is 86.8 Å². The quantitative estimate of drug-likeness (QED) is 0.330. The summed E-state index contributed by atoms with van der Waals surface area (Å²) in [6.45, 7) is 6.73. The van der Waals surface area contributed by atoms with Crippen molar-refractivity contribution in [2.45, 2.75) is 51.6 Å². The maximum atomic E-state index is 14.1. The molecule has 3 aromatic rings. The fraction of sp³-hybridized carbons (Fsp3) is 0.310. The average Bonchev–Trinajstić information content (AvgIpc) is 2.90. The lowest BCUT2D eigenvalue weighted by atomic mass is 10.1. The second-order valence-electron chi connectivity index (χ2n) is 9.30. The predicted molar refractivity (Wildman–Crippen MR) is 157 cm³/mol. The van der Waals surface area contributed by atoms with Crippen LogP contribution >= 0.6 is 23.2 Å². The molecule has 3 rings (SSSR count). The highest BCUT2D eigenvalue weighted by Crippen LogP contribution is 2.31. The molecule has 0 radical (unpaired) electrons. The Bertz CT molecular complexity index is 1440.